The normalized spacial score (nSPS) is 11.6. The number of primary amides is 1. The van der Waals surface area contributed by atoms with Crippen LogP contribution in [0.1, 0.15) is 38.4 Å². The molecule has 0 spiro atoms. The predicted octanol–water partition coefficient (Wildman–Crippen LogP) is 4.67. The van der Waals surface area contributed by atoms with Crippen LogP contribution in [-0.2, 0) is 11.3 Å². The lowest BCUT2D eigenvalue weighted by Crippen LogP contribution is -2.26. The molecule has 0 unspecified atom stereocenters. The zero-order valence-corrected chi connectivity index (χ0v) is 17.3. The number of thiophene rings is 1. The minimum atomic E-state index is -0.356. The van der Waals surface area contributed by atoms with Gasteiger partial charge in [0.05, 0.1) is 5.39 Å². The molecule has 2 aromatic carbocycles. The Hall–Kier alpha value is -2.99. The highest BCUT2D eigenvalue weighted by Crippen LogP contribution is 2.33. The maximum Gasteiger partial charge on any atom is 0.262 e. The molecule has 2 N–H and O–H groups in total. The zero-order chi connectivity index (χ0) is 20.5. The molecule has 0 fully saturated rings. The van der Waals surface area contributed by atoms with Crippen LogP contribution in [0.3, 0.4) is 0 Å². The first-order valence-electron chi connectivity index (χ1n) is 9.75. The van der Waals surface area contributed by atoms with Crippen LogP contribution in [0, 0.1) is 0 Å². The van der Waals surface area contributed by atoms with E-state index >= 15 is 0 Å². The van der Waals surface area contributed by atoms with Crippen molar-refractivity contribution in [2.75, 3.05) is 0 Å². The fourth-order valence-corrected chi connectivity index (χ4v) is 4.62. The first kappa shape index (κ1) is 19.3. The van der Waals surface area contributed by atoms with Gasteiger partial charge in [-0.25, -0.2) is 4.98 Å². The van der Waals surface area contributed by atoms with Gasteiger partial charge in [-0.15, -0.1) is 11.3 Å². The van der Waals surface area contributed by atoms with Gasteiger partial charge in [-0.2, -0.15) is 0 Å². The fourth-order valence-electron chi connectivity index (χ4n) is 3.68. The van der Waals surface area contributed by atoms with Crippen molar-refractivity contribution >= 4 is 38.2 Å². The molecule has 0 radical (unpaired) electrons. The number of nitrogens with zero attached hydrogens (tertiary/aromatic N) is 2. The van der Waals surface area contributed by atoms with Crippen LogP contribution in [-0.4, -0.2) is 15.5 Å². The number of nitrogens with two attached hydrogens (primary N) is 1. The molecule has 0 saturated carbocycles. The molecular formula is C23H23N3O2S. The zero-order valence-electron chi connectivity index (χ0n) is 16.5. The number of carbonyl (C=O) groups is 1. The van der Waals surface area contributed by atoms with Gasteiger partial charge in [0.25, 0.3) is 5.56 Å². The predicted molar refractivity (Wildman–Crippen MR) is 119 cm³/mol. The molecular weight excluding hydrogens is 382 g/mol. The molecule has 6 heteroatoms. The SMILES string of the molecule is CC(C)c1nc2scc(-c3ccc4ccccc4c3)c2c(=O)n1CCCC(N)=O. The number of hydrogen-bond donors (Lipinski definition) is 1. The third kappa shape index (κ3) is 3.68. The molecule has 4 rings (SSSR count). The number of carbonyl (C=O) groups excluding carboxylic acids is 1. The van der Waals surface area contributed by atoms with Crippen molar-refractivity contribution in [3.8, 4) is 11.1 Å². The van der Waals surface area contributed by atoms with Gasteiger partial charge in [0.2, 0.25) is 5.91 Å². The van der Waals surface area contributed by atoms with E-state index in [-0.39, 0.29) is 23.8 Å². The van der Waals surface area contributed by atoms with Gasteiger partial charge in [0, 0.05) is 29.8 Å². The van der Waals surface area contributed by atoms with Crippen LogP contribution < -0.4 is 11.3 Å². The van der Waals surface area contributed by atoms with Crippen LogP contribution in [0.5, 0.6) is 0 Å². The Bertz CT molecular complexity index is 1270. The molecule has 0 atom stereocenters. The second-order valence-corrected chi connectivity index (χ2v) is 8.40. The van der Waals surface area contributed by atoms with E-state index in [2.05, 4.69) is 30.3 Å². The lowest BCUT2D eigenvalue weighted by Gasteiger charge is -2.15. The summed E-state index contributed by atoms with van der Waals surface area (Å²) < 4.78 is 1.72. The first-order valence-corrected chi connectivity index (χ1v) is 10.6. The number of fused-ring (bicyclic) bond motifs is 2. The van der Waals surface area contributed by atoms with Crippen LogP contribution in [0.15, 0.2) is 52.6 Å². The summed E-state index contributed by atoms with van der Waals surface area (Å²) in [7, 11) is 0. The van der Waals surface area contributed by atoms with Crippen molar-refractivity contribution < 1.29 is 4.79 Å². The molecule has 0 aliphatic rings. The average Bonchev–Trinajstić information content (AvgIpc) is 3.13. The molecule has 2 heterocycles. The molecule has 29 heavy (non-hydrogen) atoms. The summed E-state index contributed by atoms with van der Waals surface area (Å²) in [6.45, 7) is 4.48. The molecule has 1 amide bonds. The number of benzene rings is 2. The Morgan fingerprint density at radius 2 is 1.93 bits per heavy atom. The third-order valence-corrected chi connectivity index (χ3v) is 5.98. The van der Waals surface area contributed by atoms with E-state index in [0.29, 0.717) is 18.4 Å². The van der Waals surface area contributed by atoms with Gasteiger partial charge in [0.15, 0.2) is 0 Å². The fraction of sp³-hybridized carbons (Fsp3) is 0.261. The minimum absolute atomic E-state index is 0.0485. The van der Waals surface area contributed by atoms with Crippen molar-refractivity contribution in [3.63, 3.8) is 0 Å². The Morgan fingerprint density at radius 1 is 1.17 bits per heavy atom. The quantitative estimate of drug-likeness (QED) is 0.506. The molecule has 0 saturated heterocycles. The Morgan fingerprint density at radius 3 is 2.66 bits per heavy atom. The van der Waals surface area contributed by atoms with Gasteiger partial charge in [-0.1, -0.05) is 50.2 Å². The summed E-state index contributed by atoms with van der Waals surface area (Å²) >= 11 is 1.50. The Labute approximate surface area is 172 Å². The molecule has 148 valence electrons. The van der Waals surface area contributed by atoms with E-state index in [1.165, 1.54) is 16.7 Å². The topological polar surface area (TPSA) is 78.0 Å². The second kappa shape index (κ2) is 7.79. The van der Waals surface area contributed by atoms with Gasteiger partial charge in [-0.3, -0.25) is 14.2 Å². The van der Waals surface area contributed by atoms with E-state index in [9.17, 15) is 9.59 Å². The van der Waals surface area contributed by atoms with Gasteiger partial charge >= 0.3 is 0 Å². The molecule has 4 aromatic rings. The summed E-state index contributed by atoms with van der Waals surface area (Å²) in [6, 6.07) is 14.4. The molecule has 0 aliphatic heterocycles. The Kier molecular flexibility index (Phi) is 5.20. The first-order chi connectivity index (χ1) is 14.0. The van der Waals surface area contributed by atoms with Crippen molar-refractivity contribution in [1.29, 1.82) is 0 Å². The highest BCUT2D eigenvalue weighted by molar-refractivity contribution is 7.17. The van der Waals surface area contributed by atoms with Gasteiger partial charge in [0.1, 0.15) is 10.7 Å². The monoisotopic (exact) mass is 405 g/mol. The number of amides is 1. The largest absolute Gasteiger partial charge is 0.370 e. The van der Waals surface area contributed by atoms with E-state index in [1.54, 1.807) is 4.57 Å². The van der Waals surface area contributed by atoms with Crippen molar-refractivity contribution in [2.24, 2.45) is 5.73 Å². The van der Waals surface area contributed by atoms with Crippen LogP contribution >= 0.6 is 11.3 Å². The highest BCUT2D eigenvalue weighted by Gasteiger charge is 2.18. The maximum atomic E-state index is 13.5. The number of aromatic nitrogens is 2. The Balaban J connectivity index is 1.87. The summed E-state index contributed by atoms with van der Waals surface area (Å²) in [5.41, 5.74) is 7.14. The lowest BCUT2D eigenvalue weighted by molar-refractivity contribution is -0.118. The average molecular weight is 406 g/mol. The summed E-state index contributed by atoms with van der Waals surface area (Å²) in [6.07, 6.45) is 0.779. The number of hydrogen-bond acceptors (Lipinski definition) is 4. The van der Waals surface area contributed by atoms with Gasteiger partial charge < -0.3 is 5.73 Å². The van der Waals surface area contributed by atoms with Crippen LogP contribution in [0.2, 0.25) is 0 Å². The summed E-state index contributed by atoms with van der Waals surface area (Å²) in [5.74, 6) is 0.497. The maximum absolute atomic E-state index is 13.5. The van der Waals surface area contributed by atoms with Gasteiger partial charge in [-0.05, 0) is 28.8 Å². The molecule has 0 bridgehead atoms. The van der Waals surface area contributed by atoms with Crippen molar-refractivity contribution in [3.05, 3.63) is 64.0 Å². The number of rotatable bonds is 6. The molecule has 5 nitrogen and oxygen atoms in total. The van der Waals surface area contributed by atoms with Crippen LogP contribution in [0.4, 0.5) is 0 Å². The van der Waals surface area contributed by atoms with E-state index < -0.39 is 0 Å². The summed E-state index contributed by atoms with van der Waals surface area (Å²) in [5, 5.41) is 4.97. The standard InChI is InChI=1S/C23H23N3O2S/c1-14(2)21-25-22-20(23(28)26(21)11-5-8-19(24)27)18(13-29-22)17-10-9-15-6-3-4-7-16(15)12-17/h3-4,6-7,9-10,12-14H,5,8,11H2,1-2H3,(H2,24,27). The third-order valence-electron chi connectivity index (χ3n) is 5.11. The van der Waals surface area contributed by atoms with E-state index in [1.807, 2.05) is 31.4 Å². The molecule has 2 aromatic heterocycles. The lowest BCUT2D eigenvalue weighted by atomic mass is 10.0. The highest BCUT2D eigenvalue weighted by atomic mass is 32.1. The smallest absolute Gasteiger partial charge is 0.262 e. The van der Waals surface area contributed by atoms with Crippen molar-refractivity contribution in [2.45, 2.75) is 39.2 Å². The second-order valence-electron chi connectivity index (χ2n) is 7.54. The minimum Gasteiger partial charge on any atom is -0.370 e. The summed E-state index contributed by atoms with van der Waals surface area (Å²) in [4.78, 5) is 30.2. The molecule has 0 aliphatic carbocycles. The van der Waals surface area contributed by atoms with E-state index in [0.717, 1.165) is 27.2 Å². The van der Waals surface area contributed by atoms with Crippen molar-refractivity contribution in [1.82, 2.24) is 9.55 Å². The van der Waals surface area contributed by atoms with Crippen LogP contribution in [0.25, 0.3) is 32.1 Å². The van der Waals surface area contributed by atoms with E-state index in [4.69, 9.17) is 10.7 Å².